The maximum atomic E-state index is 13.7. The Morgan fingerprint density at radius 2 is 2.02 bits per heavy atom. The van der Waals surface area contributed by atoms with Crippen LogP contribution in [0.4, 0.5) is 18.9 Å². The molecule has 1 aromatic carbocycles. The lowest BCUT2D eigenvalue weighted by Crippen LogP contribution is -2.38. The topological polar surface area (TPSA) is 183 Å². The van der Waals surface area contributed by atoms with E-state index in [1.165, 1.54) is 30.5 Å². The number of aromatic nitrogens is 7. The van der Waals surface area contributed by atoms with Crippen LogP contribution in [-0.2, 0) is 22.3 Å². The summed E-state index contributed by atoms with van der Waals surface area (Å²) >= 11 is 6.30. The Kier molecular flexibility index (Phi) is 7.78. The second-order valence-corrected chi connectivity index (χ2v) is 9.55. The van der Waals surface area contributed by atoms with Crippen LogP contribution in [0.5, 0.6) is 0 Å². The number of hydrogen-bond donors (Lipinski definition) is 2. The zero-order valence-corrected chi connectivity index (χ0v) is 22.6. The summed E-state index contributed by atoms with van der Waals surface area (Å²) in [6.45, 7) is 1.29. The lowest BCUT2D eigenvalue weighted by atomic mass is 10.0. The highest BCUT2D eigenvalue weighted by Crippen LogP contribution is 2.27. The van der Waals surface area contributed by atoms with Crippen LogP contribution in [0.15, 0.2) is 36.5 Å². The lowest BCUT2D eigenvalue weighted by Gasteiger charge is -2.16. The monoisotopic (exact) mass is 614 g/mol. The molecule has 3 aromatic heterocycles. The summed E-state index contributed by atoms with van der Waals surface area (Å²) < 4.78 is 44.8. The average molecular weight is 615 g/mol. The number of rotatable bonds is 7. The van der Waals surface area contributed by atoms with E-state index in [-0.39, 0.29) is 52.1 Å². The predicted octanol–water partition coefficient (Wildman–Crippen LogP) is 2.45. The molecule has 1 aliphatic heterocycles. The maximum Gasteiger partial charge on any atom is 0.455 e. The van der Waals surface area contributed by atoms with Crippen molar-refractivity contribution < 1.29 is 32.3 Å². The predicted molar refractivity (Wildman–Crippen MR) is 139 cm³/mol. The molecule has 18 heteroatoms. The smallest absolute Gasteiger partial charge is 0.455 e. The van der Waals surface area contributed by atoms with E-state index >= 15 is 0 Å². The number of cyclic esters (lactones) is 1. The van der Waals surface area contributed by atoms with Gasteiger partial charge in [-0.15, -0.1) is 10.2 Å². The minimum Gasteiger partial charge on any atom is -0.464 e. The van der Waals surface area contributed by atoms with Crippen molar-refractivity contribution in [2.45, 2.75) is 32.1 Å². The molecule has 0 spiro atoms. The Balaban J connectivity index is 1.51. The molecule has 5 rings (SSSR count). The van der Waals surface area contributed by atoms with Gasteiger partial charge in [0.15, 0.2) is 5.82 Å². The molecule has 0 bridgehead atoms. The van der Waals surface area contributed by atoms with Crippen LogP contribution in [0.25, 0.3) is 5.82 Å². The van der Waals surface area contributed by atoms with Crippen LogP contribution < -0.4 is 10.6 Å². The van der Waals surface area contributed by atoms with Gasteiger partial charge in [-0.1, -0.05) is 11.6 Å². The number of nitriles is 1. The number of carbonyl (C=O) groups excluding carboxylic acids is 3. The van der Waals surface area contributed by atoms with Gasteiger partial charge in [0.05, 0.1) is 40.2 Å². The van der Waals surface area contributed by atoms with E-state index in [1.54, 1.807) is 13.0 Å². The van der Waals surface area contributed by atoms with Gasteiger partial charge in [0.1, 0.15) is 18.3 Å². The van der Waals surface area contributed by atoms with Gasteiger partial charge in [-0.3, -0.25) is 9.59 Å². The first-order valence-electron chi connectivity index (χ1n) is 12.3. The van der Waals surface area contributed by atoms with Crippen LogP contribution >= 0.6 is 11.6 Å². The van der Waals surface area contributed by atoms with E-state index in [0.717, 1.165) is 4.68 Å². The molecular weight excluding hydrogens is 597 g/mol. The first-order chi connectivity index (χ1) is 20.4. The van der Waals surface area contributed by atoms with Crippen LogP contribution in [0.2, 0.25) is 5.02 Å². The molecule has 1 aliphatic rings. The summed E-state index contributed by atoms with van der Waals surface area (Å²) in [6.07, 6.45) is -3.17. The molecule has 0 saturated carbocycles. The highest BCUT2D eigenvalue weighted by atomic mass is 35.5. The first-order valence-corrected chi connectivity index (χ1v) is 12.7. The molecule has 4 aromatic rings. The minimum atomic E-state index is -4.81. The van der Waals surface area contributed by atoms with Crippen LogP contribution in [0.3, 0.4) is 0 Å². The number of nitrogens with one attached hydrogen (secondary N) is 2. The second-order valence-electron chi connectivity index (χ2n) is 9.15. The Hall–Kier alpha value is -5.37. The number of benzene rings is 1. The lowest BCUT2D eigenvalue weighted by molar-refractivity contribution is -0.145. The SMILES string of the molecule is Cc1cc(C#N)cc(C(=O)N[C@@H]2CCOC2=O)c1NC(=O)c1cc(Cn2nnc(C(F)(F)F)n2)nn1-c1ncccc1Cl. The molecule has 0 aliphatic carbocycles. The normalized spacial score (nSPS) is 14.7. The molecule has 4 heterocycles. The van der Waals surface area contributed by atoms with E-state index in [9.17, 15) is 32.8 Å². The summed E-state index contributed by atoms with van der Waals surface area (Å²) in [7, 11) is 0. The molecule has 14 nitrogen and oxygen atoms in total. The fourth-order valence-corrected chi connectivity index (χ4v) is 4.37. The maximum absolute atomic E-state index is 13.7. The number of ether oxygens (including phenoxy) is 1. The van der Waals surface area contributed by atoms with Gasteiger partial charge in [-0.05, 0) is 48.0 Å². The van der Waals surface area contributed by atoms with E-state index in [4.69, 9.17) is 16.3 Å². The number of anilines is 1. The molecule has 1 atom stereocenters. The molecular formula is C25H18ClF3N10O4. The quantitative estimate of drug-likeness (QED) is 0.293. The van der Waals surface area contributed by atoms with E-state index < -0.39 is 42.4 Å². The number of tetrazole rings is 1. The van der Waals surface area contributed by atoms with Crippen molar-refractivity contribution in [1.29, 1.82) is 5.26 Å². The van der Waals surface area contributed by atoms with Crippen LogP contribution in [0, 0.1) is 18.3 Å². The fraction of sp³-hybridized carbons (Fsp3) is 0.240. The fourth-order valence-electron chi connectivity index (χ4n) is 4.17. The Labute approximate surface area is 244 Å². The van der Waals surface area contributed by atoms with Crippen molar-refractivity contribution in [3.05, 3.63) is 75.5 Å². The Morgan fingerprint density at radius 3 is 2.67 bits per heavy atom. The van der Waals surface area contributed by atoms with Crippen molar-refractivity contribution >= 4 is 35.1 Å². The van der Waals surface area contributed by atoms with E-state index in [1.807, 2.05) is 6.07 Å². The number of amides is 2. The number of hydrogen-bond acceptors (Lipinski definition) is 10. The summed E-state index contributed by atoms with van der Waals surface area (Å²) in [4.78, 5) is 43.6. The molecule has 0 radical (unpaired) electrons. The Bertz CT molecular complexity index is 1800. The Morgan fingerprint density at radius 1 is 1.23 bits per heavy atom. The number of alkyl halides is 3. The number of aryl methyl sites for hydroxylation is 1. The number of nitrogens with zero attached hydrogens (tertiary/aromatic N) is 8. The van der Waals surface area contributed by atoms with Crippen LogP contribution in [-0.4, -0.2) is 65.4 Å². The zero-order valence-electron chi connectivity index (χ0n) is 21.9. The molecule has 220 valence electrons. The van der Waals surface area contributed by atoms with Crippen molar-refractivity contribution in [2.24, 2.45) is 0 Å². The zero-order chi connectivity index (χ0) is 30.9. The third kappa shape index (κ3) is 6.13. The van der Waals surface area contributed by atoms with Crippen molar-refractivity contribution in [1.82, 2.24) is 40.3 Å². The molecule has 1 saturated heterocycles. The standard InChI is InChI=1S/C25H18ClF3N10O4/c1-12-7-13(10-30)8-15(21(40)32-17-4-6-43-23(17)42)19(12)33-22(41)18-9-14(11-38-36-24(34-37-38)25(27,28)29)35-39(18)20-16(26)3-2-5-31-20/h2-3,5,7-9,17H,4,6,11H2,1H3,(H,32,40)(H,33,41)/t17-/m1/s1. The van der Waals surface area contributed by atoms with Crippen molar-refractivity contribution in [3.63, 3.8) is 0 Å². The number of esters is 1. The van der Waals surface area contributed by atoms with Gasteiger partial charge in [0, 0.05) is 12.6 Å². The van der Waals surface area contributed by atoms with Gasteiger partial charge in [0.2, 0.25) is 0 Å². The largest absolute Gasteiger partial charge is 0.464 e. The molecule has 2 N–H and O–H groups in total. The van der Waals surface area contributed by atoms with Gasteiger partial charge in [0.25, 0.3) is 17.6 Å². The molecule has 1 fully saturated rings. The van der Waals surface area contributed by atoms with E-state index in [2.05, 4.69) is 36.1 Å². The van der Waals surface area contributed by atoms with Crippen LogP contribution in [0.1, 0.15) is 49.9 Å². The second kappa shape index (κ2) is 11.5. The van der Waals surface area contributed by atoms with Gasteiger partial charge >= 0.3 is 12.1 Å². The number of pyridine rings is 1. The highest BCUT2D eigenvalue weighted by Gasteiger charge is 2.37. The summed E-state index contributed by atoms with van der Waals surface area (Å²) in [5, 5.41) is 28.7. The molecule has 43 heavy (non-hydrogen) atoms. The van der Waals surface area contributed by atoms with E-state index in [0.29, 0.717) is 10.4 Å². The average Bonchev–Trinajstić information content (AvgIpc) is 3.70. The molecule has 0 unspecified atom stereocenters. The van der Waals surface area contributed by atoms with Gasteiger partial charge in [-0.2, -0.15) is 28.3 Å². The number of halogens is 4. The third-order valence-electron chi connectivity index (χ3n) is 6.13. The summed E-state index contributed by atoms with van der Waals surface area (Å²) in [5.41, 5.74) is 0.287. The number of carbonyl (C=O) groups is 3. The van der Waals surface area contributed by atoms with Crippen molar-refractivity contribution in [3.8, 4) is 11.9 Å². The summed E-state index contributed by atoms with van der Waals surface area (Å²) in [6, 6.07) is 8.03. The minimum absolute atomic E-state index is 0.0253. The van der Waals surface area contributed by atoms with Crippen molar-refractivity contribution in [2.75, 3.05) is 11.9 Å². The molecule has 2 amide bonds. The summed E-state index contributed by atoms with van der Waals surface area (Å²) in [5.74, 6) is -3.59. The van der Waals surface area contributed by atoms with Gasteiger partial charge in [-0.25, -0.2) is 14.5 Å². The highest BCUT2D eigenvalue weighted by molar-refractivity contribution is 6.32. The van der Waals surface area contributed by atoms with Gasteiger partial charge < -0.3 is 15.4 Å². The third-order valence-corrected chi connectivity index (χ3v) is 6.43. The first kappa shape index (κ1) is 29.1.